The first kappa shape index (κ1) is 24.3. The van der Waals surface area contributed by atoms with E-state index in [9.17, 15) is 4.79 Å². The van der Waals surface area contributed by atoms with Crippen LogP contribution in [0.5, 0.6) is 5.75 Å². The normalized spacial score (nSPS) is 12.2. The minimum Gasteiger partial charge on any atom is -0.487 e. The summed E-state index contributed by atoms with van der Waals surface area (Å²) in [6.07, 6.45) is 1.92. The molecule has 0 saturated heterocycles. The lowest BCUT2D eigenvalue weighted by atomic mass is 10.1. The standard InChI is InChI=1S/C25H16Cl2I2N2O2S/c1-12-5-20-21(6-13(12)2)31-24(32)22(34-25(31)30-20)9-14-7-18(28)23(19(29)8-14)33-11-15-3-4-16(26)10-17(15)27/h3-10H,11H2,1-2H3/b22-9-. The number of aromatic nitrogens is 2. The molecule has 3 aromatic carbocycles. The quantitative estimate of drug-likeness (QED) is 0.184. The van der Waals surface area contributed by atoms with Crippen molar-refractivity contribution >= 4 is 102 Å². The number of rotatable bonds is 4. The zero-order chi connectivity index (χ0) is 24.1. The van der Waals surface area contributed by atoms with Gasteiger partial charge in [-0.25, -0.2) is 9.38 Å². The van der Waals surface area contributed by atoms with Gasteiger partial charge >= 0.3 is 0 Å². The number of benzene rings is 3. The number of halogens is 4. The van der Waals surface area contributed by atoms with E-state index in [1.54, 1.807) is 16.5 Å². The van der Waals surface area contributed by atoms with Crippen molar-refractivity contribution in [3.8, 4) is 5.75 Å². The first-order valence-corrected chi connectivity index (χ1v) is 13.9. The van der Waals surface area contributed by atoms with Crippen molar-refractivity contribution in [2.24, 2.45) is 0 Å². The molecule has 0 aliphatic carbocycles. The third-order valence-electron chi connectivity index (χ3n) is 5.56. The monoisotopic (exact) mass is 732 g/mol. The van der Waals surface area contributed by atoms with Gasteiger partial charge in [-0.05, 0) is 118 Å². The van der Waals surface area contributed by atoms with Gasteiger partial charge in [0.1, 0.15) is 12.4 Å². The van der Waals surface area contributed by atoms with Crippen molar-refractivity contribution in [2.45, 2.75) is 20.5 Å². The Balaban J connectivity index is 1.50. The van der Waals surface area contributed by atoms with Crippen LogP contribution in [-0.2, 0) is 6.61 Å². The SMILES string of the molecule is Cc1cc2nc3s/c(=C\c4cc(I)c(OCc5ccc(Cl)cc5Cl)c(I)c4)c(=O)n3c2cc1C. The molecule has 0 atom stereocenters. The minimum atomic E-state index is -0.0477. The van der Waals surface area contributed by atoms with Gasteiger partial charge in [-0.3, -0.25) is 4.79 Å². The summed E-state index contributed by atoms with van der Waals surface area (Å²) in [6.45, 7) is 4.44. The molecule has 0 spiro atoms. The molecule has 34 heavy (non-hydrogen) atoms. The molecule has 0 bridgehead atoms. The number of nitrogens with zero attached hydrogens (tertiary/aromatic N) is 2. The topological polar surface area (TPSA) is 43.6 Å². The minimum absolute atomic E-state index is 0.0477. The zero-order valence-corrected chi connectivity index (χ0v) is 24.6. The van der Waals surface area contributed by atoms with Gasteiger partial charge in [0.2, 0.25) is 0 Å². The number of imidazole rings is 1. The maximum atomic E-state index is 13.2. The highest BCUT2D eigenvalue weighted by atomic mass is 127. The second kappa shape index (κ2) is 9.57. The molecule has 9 heteroatoms. The van der Waals surface area contributed by atoms with Gasteiger partial charge in [0, 0.05) is 15.6 Å². The highest BCUT2D eigenvalue weighted by Crippen LogP contribution is 2.31. The average molecular weight is 733 g/mol. The molecule has 5 rings (SSSR count). The third-order valence-corrected chi connectivity index (χ3v) is 8.72. The largest absolute Gasteiger partial charge is 0.487 e. The fraction of sp³-hybridized carbons (Fsp3) is 0.120. The van der Waals surface area contributed by atoms with Crippen LogP contribution in [0.3, 0.4) is 0 Å². The van der Waals surface area contributed by atoms with Gasteiger partial charge in [-0.1, -0.05) is 40.6 Å². The maximum Gasteiger partial charge on any atom is 0.274 e. The molecule has 2 aromatic heterocycles. The molecule has 0 amide bonds. The lowest BCUT2D eigenvalue weighted by molar-refractivity contribution is 0.302. The van der Waals surface area contributed by atoms with Crippen LogP contribution >= 0.6 is 79.7 Å². The number of hydrogen-bond acceptors (Lipinski definition) is 4. The summed E-state index contributed by atoms with van der Waals surface area (Å²) in [7, 11) is 0. The van der Waals surface area contributed by atoms with Crippen LogP contribution < -0.4 is 14.8 Å². The summed E-state index contributed by atoms with van der Waals surface area (Å²) in [5, 5.41) is 1.17. The predicted molar refractivity (Wildman–Crippen MR) is 158 cm³/mol. The van der Waals surface area contributed by atoms with Gasteiger partial charge in [-0.2, -0.15) is 0 Å². The van der Waals surface area contributed by atoms with Crippen LogP contribution in [0.2, 0.25) is 10.0 Å². The molecule has 5 aromatic rings. The fourth-order valence-corrected chi connectivity index (χ4v) is 7.24. The van der Waals surface area contributed by atoms with E-state index in [0.717, 1.165) is 40.6 Å². The Hall–Kier alpha value is -1.40. The van der Waals surface area contributed by atoms with Crippen molar-refractivity contribution in [3.05, 3.63) is 96.8 Å². The van der Waals surface area contributed by atoms with Crippen LogP contribution in [0.15, 0.2) is 47.3 Å². The van der Waals surface area contributed by atoms with E-state index >= 15 is 0 Å². The number of ether oxygens (including phenoxy) is 1. The third kappa shape index (κ3) is 4.57. The Bertz CT molecular complexity index is 1690. The number of thiazole rings is 1. The Morgan fingerprint density at radius 2 is 1.76 bits per heavy atom. The van der Waals surface area contributed by atoms with Crippen LogP contribution in [0.25, 0.3) is 22.1 Å². The molecule has 0 saturated carbocycles. The molecular weight excluding hydrogens is 717 g/mol. The molecule has 4 nitrogen and oxygen atoms in total. The van der Waals surface area contributed by atoms with E-state index in [4.69, 9.17) is 27.9 Å². The van der Waals surface area contributed by atoms with Crippen LogP contribution in [-0.4, -0.2) is 9.38 Å². The van der Waals surface area contributed by atoms with Crippen LogP contribution in [0.4, 0.5) is 0 Å². The van der Waals surface area contributed by atoms with Gasteiger partial charge < -0.3 is 4.74 Å². The Morgan fingerprint density at radius 1 is 1.06 bits per heavy atom. The second-order valence-electron chi connectivity index (χ2n) is 7.91. The van der Waals surface area contributed by atoms with Crippen LogP contribution in [0, 0.1) is 21.0 Å². The van der Waals surface area contributed by atoms with Gasteiger partial charge in [-0.15, -0.1) is 0 Å². The lowest BCUT2D eigenvalue weighted by Gasteiger charge is -2.12. The van der Waals surface area contributed by atoms with Gasteiger partial charge in [0.25, 0.3) is 5.56 Å². The first-order chi connectivity index (χ1) is 16.2. The molecular formula is C25H16Cl2I2N2O2S. The van der Waals surface area contributed by atoms with Gasteiger partial charge in [0.15, 0.2) is 4.96 Å². The van der Waals surface area contributed by atoms with E-state index in [0.29, 0.717) is 26.1 Å². The molecule has 0 fully saturated rings. The smallest absolute Gasteiger partial charge is 0.274 e. The Kier molecular flexibility index (Phi) is 6.84. The summed E-state index contributed by atoms with van der Waals surface area (Å²) in [5.41, 5.74) is 5.77. The summed E-state index contributed by atoms with van der Waals surface area (Å²) in [6, 6.07) is 13.5. The van der Waals surface area contributed by atoms with Gasteiger partial charge in [0.05, 0.1) is 22.7 Å². The highest BCUT2D eigenvalue weighted by Gasteiger charge is 2.14. The highest BCUT2D eigenvalue weighted by molar-refractivity contribution is 14.1. The van der Waals surface area contributed by atoms with Crippen molar-refractivity contribution in [1.29, 1.82) is 0 Å². The second-order valence-corrected chi connectivity index (χ2v) is 12.1. The van der Waals surface area contributed by atoms with Crippen molar-refractivity contribution < 1.29 is 4.74 Å². The van der Waals surface area contributed by atoms with Crippen molar-refractivity contribution in [1.82, 2.24) is 9.38 Å². The van der Waals surface area contributed by atoms with Crippen molar-refractivity contribution in [3.63, 3.8) is 0 Å². The molecule has 0 N–H and O–H groups in total. The zero-order valence-electron chi connectivity index (χ0n) is 18.0. The van der Waals surface area contributed by atoms with E-state index in [1.807, 2.05) is 43.3 Å². The number of fused-ring (bicyclic) bond motifs is 3. The molecule has 0 aliphatic heterocycles. The Labute approximate surface area is 236 Å². The lowest BCUT2D eigenvalue weighted by Crippen LogP contribution is -2.22. The first-order valence-electron chi connectivity index (χ1n) is 10.2. The van der Waals surface area contributed by atoms with E-state index in [-0.39, 0.29) is 5.56 Å². The molecule has 0 unspecified atom stereocenters. The van der Waals surface area contributed by atoms with Crippen molar-refractivity contribution in [2.75, 3.05) is 0 Å². The van der Waals surface area contributed by atoms with E-state index in [2.05, 4.69) is 57.1 Å². The molecule has 2 heterocycles. The molecule has 172 valence electrons. The molecule has 0 aliphatic rings. The van der Waals surface area contributed by atoms with E-state index in [1.165, 1.54) is 16.9 Å². The summed E-state index contributed by atoms with van der Waals surface area (Å²) >= 11 is 18.2. The fourth-order valence-electron chi connectivity index (χ4n) is 3.66. The summed E-state index contributed by atoms with van der Waals surface area (Å²) in [4.78, 5) is 18.6. The Morgan fingerprint density at radius 3 is 2.47 bits per heavy atom. The van der Waals surface area contributed by atoms with E-state index < -0.39 is 0 Å². The average Bonchev–Trinajstić information content (AvgIpc) is 3.25. The number of aryl methyl sites for hydroxylation is 2. The predicted octanol–water partition coefficient (Wildman–Crippen LogP) is 7.17. The number of hydrogen-bond donors (Lipinski definition) is 0. The maximum absolute atomic E-state index is 13.2. The summed E-state index contributed by atoms with van der Waals surface area (Å²) < 4.78 is 10.3. The molecule has 0 radical (unpaired) electrons. The summed E-state index contributed by atoms with van der Waals surface area (Å²) in [5.74, 6) is 0.782. The van der Waals surface area contributed by atoms with Crippen LogP contribution in [0.1, 0.15) is 22.3 Å².